The summed E-state index contributed by atoms with van der Waals surface area (Å²) in [5.41, 5.74) is 5.48. The van der Waals surface area contributed by atoms with Gasteiger partial charge in [0.15, 0.2) is 5.15 Å². The smallest absolute Gasteiger partial charge is 0.343 e. The number of hydrogen-bond acceptors (Lipinski definition) is 4. The lowest BCUT2D eigenvalue weighted by Gasteiger charge is -2.08. The zero-order valence-electron chi connectivity index (χ0n) is 7.68. The Labute approximate surface area is 101 Å². The number of pyridine rings is 1. The van der Waals surface area contributed by atoms with Gasteiger partial charge in [0.25, 0.3) is 0 Å². The minimum atomic E-state index is -0.675. The quantitative estimate of drug-likeness (QED) is 0.662. The maximum Gasteiger partial charge on any atom is 0.343 e. The number of carbonyl (C=O) groups is 1. The molecule has 0 spiro atoms. The Morgan fingerprint density at radius 3 is 2.53 bits per heavy atom. The van der Waals surface area contributed by atoms with Crippen molar-refractivity contribution in [2.45, 2.75) is 6.92 Å². The highest BCUT2D eigenvalue weighted by molar-refractivity contribution is 6.44. The van der Waals surface area contributed by atoms with Gasteiger partial charge in [-0.25, -0.2) is 9.78 Å². The van der Waals surface area contributed by atoms with Crippen LogP contribution in [0, 0.1) is 0 Å². The van der Waals surface area contributed by atoms with Crippen molar-refractivity contribution in [2.75, 3.05) is 12.3 Å². The van der Waals surface area contributed by atoms with Crippen LogP contribution in [0.4, 0.5) is 5.69 Å². The van der Waals surface area contributed by atoms with Crippen LogP contribution in [0.3, 0.4) is 0 Å². The number of aromatic nitrogens is 1. The fourth-order valence-electron chi connectivity index (χ4n) is 0.921. The Kier molecular flexibility index (Phi) is 4.02. The number of nitrogens with zero attached hydrogens (tertiary/aromatic N) is 1. The molecule has 2 N–H and O–H groups in total. The molecule has 0 saturated carbocycles. The summed E-state index contributed by atoms with van der Waals surface area (Å²) in [6.45, 7) is 1.86. The number of halogens is 3. The average molecular weight is 270 g/mol. The summed E-state index contributed by atoms with van der Waals surface area (Å²) in [4.78, 5) is 15.1. The van der Waals surface area contributed by atoms with E-state index in [4.69, 9.17) is 45.3 Å². The van der Waals surface area contributed by atoms with Crippen molar-refractivity contribution in [3.05, 3.63) is 20.9 Å². The maximum absolute atomic E-state index is 11.4. The lowest BCUT2D eigenvalue weighted by atomic mass is 10.2. The summed E-state index contributed by atoms with van der Waals surface area (Å²) in [5, 5.41) is -0.184. The zero-order valence-corrected chi connectivity index (χ0v) is 9.95. The first kappa shape index (κ1) is 12.4. The third-order valence-corrected chi connectivity index (χ3v) is 2.60. The van der Waals surface area contributed by atoms with Crippen LogP contribution in [0.1, 0.15) is 17.3 Å². The molecular formula is C8H7Cl3N2O2. The highest BCUT2D eigenvalue weighted by Gasteiger charge is 2.21. The standard InChI is InChI=1S/C8H7Cl3N2O2/c1-2-15-8(14)3-5(12)4(9)7(11)13-6(3)10/h2H2,1H3,(H2,12,13). The number of rotatable bonds is 2. The molecule has 0 unspecified atom stereocenters. The molecule has 0 atom stereocenters. The van der Waals surface area contributed by atoms with Crippen LogP contribution in [0.15, 0.2) is 0 Å². The first-order valence-electron chi connectivity index (χ1n) is 3.96. The number of nitrogen functional groups attached to an aromatic ring is 1. The Morgan fingerprint density at radius 1 is 1.40 bits per heavy atom. The van der Waals surface area contributed by atoms with Crippen molar-refractivity contribution in [1.29, 1.82) is 0 Å². The van der Waals surface area contributed by atoms with Crippen molar-refractivity contribution in [3.8, 4) is 0 Å². The van der Waals surface area contributed by atoms with Crippen LogP contribution in [-0.2, 0) is 4.74 Å². The van der Waals surface area contributed by atoms with Crippen molar-refractivity contribution in [2.24, 2.45) is 0 Å². The van der Waals surface area contributed by atoms with E-state index >= 15 is 0 Å². The Balaban J connectivity index is 3.29. The van der Waals surface area contributed by atoms with Crippen molar-refractivity contribution in [1.82, 2.24) is 4.98 Å². The van der Waals surface area contributed by atoms with E-state index in [0.29, 0.717) is 0 Å². The summed E-state index contributed by atoms with van der Waals surface area (Å²) in [7, 11) is 0. The molecule has 15 heavy (non-hydrogen) atoms. The maximum atomic E-state index is 11.4. The molecule has 1 aromatic heterocycles. The van der Waals surface area contributed by atoms with Crippen LogP contribution in [-0.4, -0.2) is 17.6 Å². The van der Waals surface area contributed by atoms with Gasteiger partial charge >= 0.3 is 5.97 Å². The third-order valence-electron chi connectivity index (χ3n) is 1.57. The second-order valence-corrected chi connectivity index (χ2v) is 3.61. The monoisotopic (exact) mass is 268 g/mol. The van der Waals surface area contributed by atoms with Gasteiger partial charge < -0.3 is 10.5 Å². The third kappa shape index (κ3) is 2.45. The number of anilines is 1. The molecule has 0 aliphatic carbocycles. The molecule has 0 aliphatic heterocycles. The Morgan fingerprint density at radius 2 is 2.00 bits per heavy atom. The van der Waals surface area contributed by atoms with Crippen molar-refractivity contribution in [3.63, 3.8) is 0 Å². The molecule has 7 heteroatoms. The average Bonchev–Trinajstić information content (AvgIpc) is 2.15. The number of hydrogen-bond donors (Lipinski definition) is 1. The molecule has 0 aromatic carbocycles. The van der Waals surface area contributed by atoms with E-state index in [0.717, 1.165) is 0 Å². The summed E-state index contributed by atoms with van der Waals surface area (Å²) in [5.74, 6) is -0.675. The minimum absolute atomic E-state index is 0.0101. The van der Waals surface area contributed by atoms with E-state index in [9.17, 15) is 4.79 Å². The van der Waals surface area contributed by atoms with Gasteiger partial charge in [-0.05, 0) is 6.92 Å². The molecule has 1 rings (SSSR count). The van der Waals surface area contributed by atoms with Crippen LogP contribution in [0.25, 0.3) is 0 Å². The van der Waals surface area contributed by atoms with Gasteiger partial charge in [0.1, 0.15) is 15.7 Å². The second kappa shape index (κ2) is 4.88. The molecule has 0 radical (unpaired) electrons. The number of nitrogens with two attached hydrogens (primary N) is 1. The lowest BCUT2D eigenvalue weighted by molar-refractivity contribution is 0.0527. The van der Waals surface area contributed by atoms with E-state index in [-0.39, 0.29) is 33.2 Å². The van der Waals surface area contributed by atoms with Crippen molar-refractivity contribution < 1.29 is 9.53 Å². The number of carbonyl (C=O) groups excluding carboxylic acids is 1. The van der Waals surface area contributed by atoms with Gasteiger partial charge in [-0.1, -0.05) is 34.8 Å². The largest absolute Gasteiger partial charge is 0.462 e. The normalized spacial score (nSPS) is 10.1. The molecule has 1 aromatic rings. The van der Waals surface area contributed by atoms with Gasteiger partial charge in [0.05, 0.1) is 12.3 Å². The van der Waals surface area contributed by atoms with Crippen molar-refractivity contribution >= 4 is 46.5 Å². The van der Waals surface area contributed by atoms with Gasteiger partial charge in [-0.3, -0.25) is 0 Å². The van der Waals surface area contributed by atoms with Gasteiger partial charge in [0, 0.05) is 0 Å². The Bertz CT molecular complexity index is 409. The molecule has 0 bridgehead atoms. The highest BCUT2D eigenvalue weighted by Crippen LogP contribution is 2.33. The SMILES string of the molecule is CCOC(=O)c1c(Cl)nc(Cl)c(Cl)c1N. The highest BCUT2D eigenvalue weighted by atomic mass is 35.5. The predicted molar refractivity (Wildman–Crippen MR) is 59.6 cm³/mol. The van der Waals surface area contributed by atoms with Crippen LogP contribution in [0.5, 0.6) is 0 Å². The molecule has 1 heterocycles. The predicted octanol–water partition coefficient (Wildman–Crippen LogP) is 2.80. The molecule has 0 saturated heterocycles. The summed E-state index contributed by atoms with van der Waals surface area (Å²) >= 11 is 17.0. The number of esters is 1. The second-order valence-electron chi connectivity index (χ2n) is 2.52. The van der Waals surface area contributed by atoms with E-state index < -0.39 is 5.97 Å². The van der Waals surface area contributed by atoms with Crippen LogP contribution >= 0.6 is 34.8 Å². The van der Waals surface area contributed by atoms with Gasteiger partial charge in [-0.15, -0.1) is 0 Å². The van der Waals surface area contributed by atoms with E-state index in [1.165, 1.54) is 0 Å². The number of ether oxygens (including phenoxy) is 1. The van der Waals surface area contributed by atoms with Gasteiger partial charge in [-0.2, -0.15) is 0 Å². The summed E-state index contributed by atoms with van der Waals surface area (Å²) in [6, 6.07) is 0. The van der Waals surface area contributed by atoms with E-state index in [1.54, 1.807) is 6.92 Å². The fourth-order valence-corrected chi connectivity index (χ4v) is 1.55. The first-order chi connectivity index (χ1) is 6.99. The first-order valence-corrected chi connectivity index (χ1v) is 5.09. The summed E-state index contributed by atoms with van der Waals surface area (Å²) < 4.78 is 4.74. The molecule has 0 fully saturated rings. The van der Waals surface area contributed by atoms with Gasteiger partial charge in [0.2, 0.25) is 0 Å². The molecule has 0 aliphatic rings. The topological polar surface area (TPSA) is 65.2 Å². The van der Waals surface area contributed by atoms with E-state index in [1.807, 2.05) is 0 Å². The molecule has 82 valence electrons. The Hall–Kier alpha value is -0.710. The van der Waals surface area contributed by atoms with Crippen LogP contribution < -0.4 is 5.73 Å². The van der Waals surface area contributed by atoms with E-state index in [2.05, 4.69) is 4.98 Å². The summed E-state index contributed by atoms with van der Waals surface area (Å²) in [6.07, 6.45) is 0. The molecule has 4 nitrogen and oxygen atoms in total. The fraction of sp³-hybridized carbons (Fsp3) is 0.250. The zero-order chi connectivity index (χ0) is 11.6. The molecular weight excluding hydrogens is 262 g/mol. The minimum Gasteiger partial charge on any atom is -0.462 e. The van der Waals surface area contributed by atoms with Crippen LogP contribution in [0.2, 0.25) is 15.3 Å². The molecule has 0 amide bonds. The lowest BCUT2D eigenvalue weighted by Crippen LogP contribution is -2.10.